The van der Waals surface area contributed by atoms with Gasteiger partial charge in [0, 0.05) is 19.3 Å². The van der Waals surface area contributed by atoms with Crippen molar-refractivity contribution in [3.05, 3.63) is 109 Å². The van der Waals surface area contributed by atoms with Gasteiger partial charge in [0.2, 0.25) is 0 Å². The molecule has 6 nitrogen and oxygen atoms in total. The second-order valence-electron chi connectivity index (χ2n) is 20.6. The third-order valence-corrected chi connectivity index (χ3v) is 13.2. The Morgan fingerprint density at radius 1 is 0.280 bits per heavy atom. The monoisotopic (exact) mass is 1040 g/mol. The summed E-state index contributed by atoms with van der Waals surface area (Å²) >= 11 is 0. The molecule has 0 radical (unpaired) electrons. The van der Waals surface area contributed by atoms with Crippen molar-refractivity contribution >= 4 is 17.9 Å². The second kappa shape index (κ2) is 62.6. The normalized spacial score (nSPS) is 12.8. The Labute approximate surface area is 463 Å². The maximum absolute atomic E-state index is 12.9. The van der Waals surface area contributed by atoms with E-state index < -0.39 is 6.10 Å². The molecule has 0 unspecified atom stereocenters. The summed E-state index contributed by atoms with van der Waals surface area (Å²) in [5, 5.41) is 0. The van der Waals surface area contributed by atoms with Crippen LogP contribution in [0.25, 0.3) is 0 Å². The van der Waals surface area contributed by atoms with Gasteiger partial charge in [0.1, 0.15) is 13.2 Å². The maximum atomic E-state index is 12.9. The summed E-state index contributed by atoms with van der Waals surface area (Å²) in [7, 11) is 0. The zero-order chi connectivity index (χ0) is 54.3. The van der Waals surface area contributed by atoms with E-state index in [1.165, 1.54) is 128 Å². The van der Waals surface area contributed by atoms with E-state index in [-0.39, 0.29) is 31.1 Å². The molecule has 0 bridgehead atoms. The Balaban J connectivity index is 4.47. The highest BCUT2D eigenvalue weighted by atomic mass is 16.6. The standard InChI is InChI=1S/C69H116O6/c1-4-7-10-13-16-19-22-25-28-31-33-34-36-39-42-45-48-51-54-57-60-63-69(72)75-66(64-73-67(70)61-58-55-52-49-46-43-40-37-30-27-24-21-18-15-12-9-6-3)65-74-68(71)62-59-56-53-50-47-44-41-38-35-32-29-26-23-20-17-14-11-8-5-2/h8,11,17-18,20-21,25-30,35,38,40,43-44,47,66H,4-7,9-10,12-16,19,22-24,31-34,36-37,39,41-42,45-46,48-65H2,1-3H3/b11-8-,20-17-,21-18-,28-25-,29-26-,30-27-,38-35-,43-40-,47-44-/t66-/m0/s1. The van der Waals surface area contributed by atoms with E-state index in [1.807, 2.05) is 0 Å². The highest BCUT2D eigenvalue weighted by Crippen LogP contribution is 2.15. The van der Waals surface area contributed by atoms with Crippen molar-refractivity contribution in [3.8, 4) is 0 Å². The van der Waals surface area contributed by atoms with Crippen molar-refractivity contribution in [2.75, 3.05) is 13.2 Å². The Morgan fingerprint density at radius 2 is 0.520 bits per heavy atom. The van der Waals surface area contributed by atoms with E-state index in [0.29, 0.717) is 19.3 Å². The molecule has 0 fully saturated rings. The molecule has 0 N–H and O–H groups in total. The molecule has 75 heavy (non-hydrogen) atoms. The number of allylic oxidation sites excluding steroid dienone is 18. The van der Waals surface area contributed by atoms with Gasteiger partial charge in [0.15, 0.2) is 6.10 Å². The summed E-state index contributed by atoms with van der Waals surface area (Å²) in [5.41, 5.74) is 0. The van der Waals surface area contributed by atoms with Gasteiger partial charge in [-0.2, -0.15) is 0 Å². The molecule has 0 aliphatic rings. The minimum atomic E-state index is -0.805. The van der Waals surface area contributed by atoms with Crippen LogP contribution < -0.4 is 0 Å². The number of carbonyl (C=O) groups excluding carboxylic acids is 3. The minimum Gasteiger partial charge on any atom is -0.462 e. The highest BCUT2D eigenvalue weighted by molar-refractivity contribution is 5.71. The quantitative estimate of drug-likeness (QED) is 0.0261. The molecule has 0 aromatic carbocycles. The first-order chi connectivity index (χ1) is 37.0. The molecule has 0 heterocycles. The number of esters is 3. The molecule has 0 spiro atoms. The predicted octanol–water partition coefficient (Wildman–Crippen LogP) is 21.4. The van der Waals surface area contributed by atoms with Crippen LogP contribution >= 0.6 is 0 Å². The highest BCUT2D eigenvalue weighted by Gasteiger charge is 2.19. The SMILES string of the molecule is CC/C=C\C/C=C\C/C=C\C/C=C\C/C=C\CCCCCC(=O)OC[C@H](COC(=O)CCCCCC/C=C\C/C=C\C/C=C\CCCCC)OC(=O)CCCCCCCCCCCCC/C=C\CCCCCCCC. The Bertz CT molecular complexity index is 1520. The average molecular weight is 1040 g/mol. The van der Waals surface area contributed by atoms with E-state index in [4.69, 9.17) is 14.2 Å². The molecule has 0 amide bonds. The van der Waals surface area contributed by atoms with E-state index in [2.05, 4.69) is 130 Å². The fourth-order valence-corrected chi connectivity index (χ4v) is 8.53. The van der Waals surface area contributed by atoms with Crippen LogP contribution in [-0.2, 0) is 28.6 Å². The summed E-state index contributed by atoms with van der Waals surface area (Å²) in [6, 6.07) is 0. The largest absolute Gasteiger partial charge is 0.462 e. The van der Waals surface area contributed by atoms with Crippen LogP contribution in [0.5, 0.6) is 0 Å². The lowest BCUT2D eigenvalue weighted by Gasteiger charge is -2.18. The van der Waals surface area contributed by atoms with Gasteiger partial charge in [-0.05, 0) is 128 Å². The molecule has 0 saturated carbocycles. The van der Waals surface area contributed by atoms with Crippen LogP contribution in [0, 0.1) is 0 Å². The smallest absolute Gasteiger partial charge is 0.306 e. The Kier molecular flexibility index (Phi) is 59.3. The summed E-state index contributed by atoms with van der Waals surface area (Å²) < 4.78 is 16.9. The molecular weight excluding hydrogens is 925 g/mol. The fraction of sp³-hybridized carbons (Fsp3) is 0.696. The van der Waals surface area contributed by atoms with Crippen molar-refractivity contribution in [3.63, 3.8) is 0 Å². The first kappa shape index (κ1) is 71.1. The lowest BCUT2D eigenvalue weighted by atomic mass is 10.0. The van der Waals surface area contributed by atoms with Gasteiger partial charge in [-0.1, -0.05) is 252 Å². The first-order valence-corrected chi connectivity index (χ1v) is 31.4. The maximum Gasteiger partial charge on any atom is 0.306 e. The lowest BCUT2D eigenvalue weighted by molar-refractivity contribution is -0.167. The van der Waals surface area contributed by atoms with Crippen molar-refractivity contribution < 1.29 is 28.6 Å². The minimum absolute atomic E-state index is 0.101. The van der Waals surface area contributed by atoms with Crippen molar-refractivity contribution in [1.29, 1.82) is 0 Å². The molecule has 0 aromatic rings. The molecule has 0 rings (SSSR count). The van der Waals surface area contributed by atoms with Gasteiger partial charge in [-0.15, -0.1) is 0 Å². The zero-order valence-corrected chi connectivity index (χ0v) is 49.0. The van der Waals surface area contributed by atoms with Gasteiger partial charge >= 0.3 is 17.9 Å². The van der Waals surface area contributed by atoms with E-state index in [9.17, 15) is 14.4 Å². The number of rotatable bonds is 56. The topological polar surface area (TPSA) is 78.9 Å². The summed E-state index contributed by atoms with van der Waals surface area (Å²) in [5.74, 6) is -0.948. The molecular formula is C69H116O6. The lowest BCUT2D eigenvalue weighted by Crippen LogP contribution is -2.30. The molecule has 6 heteroatoms. The molecule has 0 aromatic heterocycles. The zero-order valence-electron chi connectivity index (χ0n) is 49.0. The van der Waals surface area contributed by atoms with Gasteiger partial charge < -0.3 is 14.2 Å². The summed E-state index contributed by atoms with van der Waals surface area (Å²) in [6.45, 7) is 6.47. The van der Waals surface area contributed by atoms with Gasteiger partial charge in [0.25, 0.3) is 0 Å². The van der Waals surface area contributed by atoms with E-state index in [1.54, 1.807) is 0 Å². The second-order valence-corrected chi connectivity index (χ2v) is 20.6. The van der Waals surface area contributed by atoms with E-state index >= 15 is 0 Å². The summed E-state index contributed by atoms with van der Waals surface area (Å²) in [6.07, 6.45) is 85.1. The molecule has 0 aliphatic heterocycles. The molecule has 0 aliphatic carbocycles. The molecule has 0 saturated heterocycles. The van der Waals surface area contributed by atoms with Crippen molar-refractivity contribution in [2.24, 2.45) is 0 Å². The summed E-state index contributed by atoms with van der Waals surface area (Å²) in [4.78, 5) is 38.3. The van der Waals surface area contributed by atoms with Crippen LogP contribution in [0.15, 0.2) is 109 Å². The molecule has 428 valence electrons. The Hall–Kier alpha value is -3.93. The van der Waals surface area contributed by atoms with Crippen molar-refractivity contribution in [2.45, 2.75) is 297 Å². The van der Waals surface area contributed by atoms with E-state index in [0.717, 1.165) is 122 Å². The molecule has 1 atom stereocenters. The van der Waals surface area contributed by atoms with Gasteiger partial charge in [-0.25, -0.2) is 0 Å². The predicted molar refractivity (Wildman–Crippen MR) is 325 cm³/mol. The number of ether oxygens (including phenoxy) is 3. The third kappa shape index (κ3) is 60.8. The van der Waals surface area contributed by atoms with Crippen LogP contribution in [0.4, 0.5) is 0 Å². The number of carbonyl (C=O) groups is 3. The first-order valence-electron chi connectivity index (χ1n) is 31.4. The average Bonchev–Trinajstić information content (AvgIpc) is 3.41. The number of unbranched alkanes of at least 4 members (excludes halogenated alkanes) is 27. The van der Waals surface area contributed by atoms with Crippen LogP contribution in [0.3, 0.4) is 0 Å². The number of hydrogen-bond acceptors (Lipinski definition) is 6. The van der Waals surface area contributed by atoms with Crippen molar-refractivity contribution in [1.82, 2.24) is 0 Å². The van der Waals surface area contributed by atoms with Crippen LogP contribution in [0.2, 0.25) is 0 Å². The van der Waals surface area contributed by atoms with Gasteiger partial charge in [0.05, 0.1) is 0 Å². The van der Waals surface area contributed by atoms with Gasteiger partial charge in [-0.3, -0.25) is 14.4 Å². The third-order valence-electron chi connectivity index (χ3n) is 13.2. The Morgan fingerprint density at radius 3 is 0.867 bits per heavy atom. The number of hydrogen-bond donors (Lipinski definition) is 0. The fourth-order valence-electron chi connectivity index (χ4n) is 8.53. The van der Waals surface area contributed by atoms with Crippen LogP contribution in [-0.4, -0.2) is 37.2 Å². The van der Waals surface area contributed by atoms with Crippen LogP contribution in [0.1, 0.15) is 290 Å².